The zero-order valence-corrected chi connectivity index (χ0v) is 8.94. The number of rotatable bonds is 3. The van der Waals surface area contributed by atoms with Crippen molar-refractivity contribution in [3.05, 3.63) is 35.4 Å². The van der Waals surface area contributed by atoms with Crippen LogP contribution in [0.4, 0.5) is 5.69 Å². The minimum absolute atomic E-state index is 0.460. The van der Waals surface area contributed by atoms with Gasteiger partial charge in [0.15, 0.2) is 5.15 Å². The van der Waals surface area contributed by atoms with Gasteiger partial charge in [0, 0.05) is 19.4 Å². The second-order valence-corrected chi connectivity index (χ2v) is 3.44. The van der Waals surface area contributed by atoms with Gasteiger partial charge in [-0.05, 0) is 12.1 Å². The lowest BCUT2D eigenvalue weighted by atomic mass is 10.4. The van der Waals surface area contributed by atoms with Crippen LogP contribution in [0, 0.1) is 0 Å². The van der Waals surface area contributed by atoms with E-state index in [0.717, 1.165) is 11.4 Å². The number of nitrogens with one attached hydrogen (secondary N) is 1. The van der Waals surface area contributed by atoms with E-state index in [1.54, 1.807) is 10.9 Å². The van der Waals surface area contributed by atoms with E-state index in [1.165, 1.54) is 0 Å². The molecule has 0 atom stereocenters. The Morgan fingerprint density at radius 2 is 2.40 bits per heavy atom. The topological polar surface area (TPSA) is 55.6 Å². The Morgan fingerprint density at radius 1 is 1.53 bits per heavy atom. The van der Waals surface area contributed by atoms with Crippen LogP contribution in [-0.4, -0.2) is 20.0 Å². The lowest BCUT2D eigenvalue weighted by Crippen LogP contribution is -2.00. The van der Waals surface area contributed by atoms with Crippen LogP contribution in [0.1, 0.15) is 5.69 Å². The van der Waals surface area contributed by atoms with E-state index in [4.69, 9.17) is 11.6 Å². The largest absolute Gasteiger partial charge is 0.377 e. The van der Waals surface area contributed by atoms with Crippen LogP contribution in [0.3, 0.4) is 0 Å². The summed E-state index contributed by atoms with van der Waals surface area (Å²) in [7, 11) is 1.83. The van der Waals surface area contributed by atoms with Gasteiger partial charge in [-0.3, -0.25) is 4.68 Å². The first-order chi connectivity index (χ1) is 7.25. The number of aryl methyl sites for hydroxylation is 1. The van der Waals surface area contributed by atoms with E-state index < -0.39 is 0 Å². The van der Waals surface area contributed by atoms with Crippen LogP contribution >= 0.6 is 11.6 Å². The van der Waals surface area contributed by atoms with Gasteiger partial charge in [0.05, 0.1) is 12.2 Å². The minimum atomic E-state index is 0.460. The number of pyridine rings is 1. The van der Waals surface area contributed by atoms with Gasteiger partial charge in [-0.25, -0.2) is 4.98 Å². The molecule has 2 aromatic rings. The molecular weight excluding hydrogens is 214 g/mol. The SMILES string of the molecule is Cn1cc(CNc2cccnc2Cl)nn1. The van der Waals surface area contributed by atoms with Gasteiger partial charge in [0.1, 0.15) is 5.69 Å². The van der Waals surface area contributed by atoms with E-state index >= 15 is 0 Å². The third-order valence-electron chi connectivity index (χ3n) is 1.87. The molecule has 0 unspecified atom stereocenters. The van der Waals surface area contributed by atoms with Gasteiger partial charge in [0.2, 0.25) is 0 Å². The molecule has 2 rings (SSSR count). The highest BCUT2D eigenvalue weighted by molar-refractivity contribution is 6.31. The van der Waals surface area contributed by atoms with Crippen molar-refractivity contribution in [2.75, 3.05) is 5.32 Å². The molecule has 0 saturated carbocycles. The van der Waals surface area contributed by atoms with Crippen molar-refractivity contribution in [1.82, 2.24) is 20.0 Å². The van der Waals surface area contributed by atoms with E-state index in [0.29, 0.717) is 11.7 Å². The van der Waals surface area contributed by atoms with Crippen molar-refractivity contribution < 1.29 is 0 Å². The van der Waals surface area contributed by atoms with Crippen LogP contribution in [0.25, 0.3) is 0 Å². The zero-order valence-electron chi connectivity index (χ0n) is 8.18. The molecule has 0 aromatic carbocycles. The number of halogens is 1. The number of aromatic nitrogens is 4. The third-order valence-corrected chi connectivity index (χ3v) is 2.17. The second kappa shape index (κ2) is 4.27. The molecule has 0 fully saturated rings. The molecular formula is C9H10ClN5. The average Bonchev–Trinajstić information content (AvgIpc) is 2.63. The number of nitrogens with zero attached hydrogens (tertiary/aromatic N) is 4. The zero-order chi connectivity index (χ0) is 10.7. The molecule has 0 radical (unpaired) electrons. The lowest BCUT2D eigenvalue weighted by Gasteiger charge is -2.04. The van der Waals surface area contributed by atoms with Gasteiger partial charge >= 0.3 is 0 Å². The third kappa shape index (κ3) is 2.44. The highest BCUT2D eigenvalue weighted by Crippen LogP contribution is 2.17. The molecule has 0 bridgehead atoms. The fourth-order valence-corrected chi connectivity index (χ4v) is 1.37. The first kappa shape index (κ1) is 9.92. The first-order valence-corrected chi connectivity index (χ1v) is 4.83. The Kier molecular flexibility index (Phi) is 2.82. The minimum Gasteiger partial charge on any atom is -0.377 e. The Balaban J connectivity index is 2.02. The van der Waals surface area contributed by atoms with Gasteiger partial charge in [-0.1, -0.05) is 16.8 Å². The molecule has 0 amide bonds. The summed E-state index contributed by atoms with van der Waals surface area (Å²) in [4.78, 5) is 3.96. The monoisotopic (exact) mass is 223 g/mol. The number of hydrogen-bond acceptors (Lipinski definition) is 4. The molecule has 0 aliphatic carbocycles. The quantitative estimate of drug-likeness (QED) is 0.801. The van der Waals surface area contributed by atoms with Crippen LogP contribution in [0.15, 0.2) is 24.5 Å². The van der Waals surface area contributed by atoms with E-state index in [1.807, 2.05) is 25.4 Å². The highest BCUT2D eigenvalue weighted by Gasteiger charge is 2.01. The van der Waals surface area contributed by atoms with Crippen molar-refractivity contribution in [3.8, 4) is 0 Å². The molecule has 78 valence electrons. The van der Waals surface area contributed by atoms with Crippen molar-refractivity contribution >= 4 is 17.3 Å². The molecule has 2 heterocycles. The summed E-state index contributed by atoms with van der Waals surface area (Å²) in [6, 6.07) is 3.69. The smallest absolute Gasteiger partial charge is 0.152 e. The average molecular weight is 224 g/mol. The fraction of sp³-hybridized carbons (Fsp3) is 0.222. The number of anilines is 1. The molecule has 0 saturated heterocycles. The Bertz CT molecular complexity index is 453. The summed E-state index contributed by atoms with van der Waals surface area (Å²) in [6.45, 7) is 0.583. The van der Waals surface area contributed by atoms with Crippen molar-refractivity contribution in [3.63, 3.8) is 0 Å². The molecule has 15 heavy (non-hydrogen) atoms. The molecule has 0 aliphatic heterocycles. The lowest BCUT2D eigenvalue weighted by molar-refractivity contribution is 0.713. The van der Waals surface area contributed by atoms with Crippen LogP contribution in [0.5, 0.6) is 0 Å². The van der Waals surface area contributed by atoms with Gasteiger partial charge in [-0.15, -0.1) is 5.10 Å². The van der Waals surface area contributed by atoms with Crippen molar-refractivity contribution in [2.24, 2.45) is 7.05 Å². The maximum atomic E-state index is 5.88. The van der Waals surface area contributed by atoms with Gasteiger partial charge in [0.25, 0.3) is 0 Å². The summed E-state index contributed by atoms with van der Waals surface area (Å²) in [5.41, 5.74) is 1.65. The normalized spacial score (nSPS) is 10.3. The Labute approximate surface area is 92.1 Å². The predicted octanol–water partition coefficient (Wildman–Crippen LogP) is 1.48. The van der Waals surface area contributed by atoms with E-state index in [-0.39, 0.29) is 0 Å². The maximum Gasteiger partial charge on any atom is 0.152 e. The van der Waals surface area contributed by atoms with Crippen LogP contribution < -0.4 is 5.32 Å². The second-order valence-electron chi connectivity index (χ2n) is 3.08. The van der Waals surface area contributed by atoms with Crippen LogP contribution in [-0.2, 0) is 13.6 Å². The fourth-order valence-electron chi connectivity index (χ4n) is 1.18. The van der Waals surface area contributed by atoms with Gasteiger partial charge < -0.3 is 5.32 Å². The summed E-state index contributed by atoms with van der Waals surface area (Å²) < 4.78 is 1.65. The summed E-state index contributed by atoms with van der Waals surface area (Å²) >= 11 is 5.88. The van der Waals surface area contributed by atoms with Crippen molar-refractivity contribution in [1.29, 1.82) is 0 Å². The summed E-state index contributed by atoms with van der Waals surface area (Å²) in [5.74, 6) is 0. The summed E-state index contributed by atoms with van der Waals surface area (Å²) in [5, 5.41) is 11.4. The van der Waals surface area contributed by atoms with E-state index in [9.17, 15) is 0 Å². The summed E-state index contributed by atoms with van der Waals surface area (Å²) in [6.07, 6.45) is 3.49. The van der Waals surface area contributed by atoms with Crippen LogP contribution in [0.2, 0.25) is 5.15 Å². The highest BCUT2D eigenvalue weighted by atomic mass is 35.5. The maximum absolute atomic E-state index is 5.88. The Hall–Kier alpha value is -1.62. The Morgan fingerprint density at radius 3 is 3.07 bits per heavy atom. The predicted molar refractivity (Wildman–Crippen MR) is 57.6 cm³/mol. The first-order valence-electron chi connectivity index (χ1n) is 4.45. The standard InChI is InChI=1S/C9H10ClN5/c1-15-6-7(13-14-15)5-12-8-3-2-4-11-9(8)10/h2-4,6,12H,5H2,1H3. The van der Waals surface area contributed by atoms with Crippen molar-refractivity contribution in [2.45, 2.75) is 6.54 Å². The molecule has 0 aliphatic rings. The molecule has 5 nitrogen and oxygen atoms in total. The van der Waals surface area contributed by atoms with E-state index in [2.05, 4.69) is 20.6 Å². The molecule has 6 heteroatoms. The molecule has 0 spiro atoms. The molecule has 2 aromatic heterocycles. The number of hydrogen-bond donors (Lipinski definition) is 1. The van der Waals surface area contributed by atoms with Gasteiger partial charge in [-0.2, -0.15) is 0 Å². The molecule has 1 N–H and O–H groups in total.